The third kappa shape index (κ3) is 2.55. The number of nitrogens with zero attached hydrogens (tertiary/aromatic N) is 2. The summed E-state index contributed by atoms with van der Waals surface area (Å²) in [6, 6.07) is 6.99. The summed E-state index contributed by atoms with van der Waals surface area (Å²) < 4.78 is 0. The standard InChI is InChI=1S/C17H13ClN4O2/c18-13-6-4-9-5-7-14(21-16(9)20-13)22-17(24)10-8-19-11-2-1-3-12(23)15(10)11/h4-8,19H,1-3H2,(H,20,21,22,24). The highest BCUT2D eigenvalue weighted by Crippen LogP contribution is 2.25. The molecule has 24 heavy (non-hydrogen) atoms. The molecule has 3 aromatic heterocycles. The Kier molecular flexibility index (Phi) is 3.54. The van der Waals surface area contributed by atoms with Crippen LogP contribution in [0.4, 0.5) is 5.82 Å². The summed E-state index contributed by atoms with van der Waals surface area (Å²) in [5, 5.41) is 3.88. The highest BCUT2D eigenvalue weighted by molar-refractivity contribution is 6.29. The van der Waals surface area contributed by atoms with E-state index in [1.807, 2.05) is 6.07 Å². The highest BCUT2D eigenvalue weighted by atomic mass is 35.5. The van der Waals surface area contributed by atoms with E-state index in [0.717, 1.165) is 23.9 Å². The number of carbonyl (C=O) groups excluding carboxylic acids is 2. The van der Waals surface area contributed by atoms with Gasteiger partial charge in [0.1, 0.15) is 11.0 Å². The molecule has 3 aromatic rings. The Balaban J connectivity index is 1.65. The van der Waals surface area contributed by atoms with Gasteiger partial charge in [-0.15, -0.1) is 0 Å². The molecule has 1 aliphatic rings. The lowest BCUT2D eigenvalue weighted by atomic mass is 9.93. The van der Waals surface area contributed by atoms with E-state index in [9.17, 15) is 9.59 Å². The molecule has 0 fully saturated rings. The zero-order valence-electron chi connectivity index (χ0n) is 12.6. The number of aromatic nitrogens is 3. The van der Waals surface area contributed by atoms with Gasteiger partial charge in [-0.05, 0) is 37.1 Å². The summed E-state index contributed by atoms with van der Waals surface area (Å²) in [5.41, 5.74) is 2.14. The van der Waals surface area contributed by atoms with E-state index in [2.05, 4.69) is 20.3 Å². The fourth-order valence-corrected chi connectivity index (χ4v) is 3.08. The number of halogens is 1. The molecule has 6 nitrogen and oxygen atoms in total. The molecule has 0 bridgehead atoms. The van der Waals surface area contributed by atoms with Crippen LogP contribution >= 0.6 is 11.6 Å². The lowest BCUT2D eigenvalue weighted by molar-refractivity contribution is 0.0956. The summed E-state index contributed by atoms with van der Waals surface area (Å²) >= 11 is 5.87. The largest absolute Gasteiger partial charge is 0.364 e. The van der Waals surface area contributed by atoms with Crippen molar-refractivity contribution in [2.24, 2.45) is 0 Å². The lowest BCUT2D eigenvalue weighted by Gasteiger charge is -2.11. The average Bonchev–Trinajstić information content (AvgIpc) is 3.00. The third-order valence-electron chi connectivity index (χ3n) is 4.08. The molecule has 1 amide bonds. The second-order valence-electron chi connectivity index (χ2n) is 5.66. The Morgan fingerprint density at radius 2 is 2.00 bits per heavy atom. The minimum Gasteiger partial charge on any atom is -0.364 e. The van der Waals surface area contributed by atoms with Gasteiger partial charge in [-0.2, -0.15) is 0 Å². The van der Waals surface area contributed by atoms with E-state index in [4.69, 9.17) is 11.6 Å². The smallest absolute Gasteiger partial charge is 0.259 e. The predicted octanol–water partition coefficient (Wildman–Crippen LogP) is 3.38. The molecular formula is C17H13ClN4O2. The molecule has 0 saturated carbocycles. The first-order chi connectivity index (χ1) is 11.6. The first-order valence-corrected chi connectivity index (χ1v) is 7.98. The molecule has 0 radical (unpaired) electrons. The van der Waals surface area contributed by atoms with Gasteiger partial charge in [-0.1, -0.05) is 11.6 Å². The van der Waals surface area contributed by atoms with Crippen LogP contribution in [0.1, 0.15) is 39.3 Å². The molecule has 120 valence electrons. The van der Waals surface area contributed by atoms with Crippen LogP contribution in [0.25, 0.3) is 11.0 Å². The van der Waals surface area contributed by atoms with Gasteiger partial charge in [0.15, 0.2) is 11.4 Å². The molecule has 7 heteroatoms. The molecule has 0 unspecified atom stereocenters. The number of ketones is 1. The quantitative estimate of drug-likeness (QED) is 0.700. The summed E-state index contributed by atoms with van der Waals surface area (Å²) in [6.07, 6.45) is 3.65. The number of hydrogen-bond acceptors (Lipinski definition) is 4. The Morgan fingerprint density at radius 3 is 2.88 bits per heavy atom. The average molecular weight is 341 g/mol. The maximum atomic E-state index is 12.5. The number of hydrogen-bond donors (Lipinski definition) is 2. The molecule has 0 aliphatic heterocycles. The van der Waals surface area contributed by atoms with Gasteiger partial charge in [0.25, 0.3) is 5.91 Å². The third-order valence-corrected chi connectivity index (χ3v) is 4.29. The Morgan fingerprint density at radius 1 is 1.17 bits per heavy atom. The molecule has 3 heterocycles. The van der Waals surface area contributed by atoms with Crippen molar-refractivity contribution in [3.8, 4) is 0 Å². The van der Waals surface area contributed by atoms with Crippen molar-refractivity contribution in [3.63, 3.8) is 0 Å². The highest BCUT2D eigenvalue weighted by Gasteiger charge is 2.26. The van der Waals surface area contributed by atoms with Gasteiger partial charge >= 0.3 is 0 Å². The van der Waals surface area contributed by atoms with Crippen LogP contribution in [0, 0.1) is 0 Å². The SMILES string of the molecule is O=C(Nc1ccc2ccc(Cl)nc2n1)c1c[nH]c2c1C(=O)CCC2. The van der Waals surface area contributed by atoms with Crippen molar-refractivity contribution in [2.75, 3.05) is 5.32 Å². The lowest BCUT2D eigenvalue weighted by Crippen LogP contribution is -2.18. The van der Waals surface area contributed by atoms with Crippen LogP contribution in [-0.2, 0) is 6.42 Å². The van der Waals surface area contributed by atoms with Crippen molar-refractivity contribution in [2.45, 2.75) is 19.3 Å². The van der Waals surface area contributed by atoms with E-state index in [1.54, 1.807) is 24.4 Å². The van der Waals surface area contributed by atoms with Crippen molar-refractivity contribution < 1.29 is 9.59 Å². The van der Waals surface area contributed by atoms with Crippen LogP contribution in [0.15, 0.2) is 30.5 Å². The predicted molar refractivity (Wildman–Crippen MR) is 90.6 cm³/mol. The van der Waals surface area contributed by atoms with E-state index in [1.165, 1.54) is 0 Å². The molecule has 0 atom stereocenters. The maximum Gasteiger partial charge on any atom is 0.259 e. The zero-order valence-corrected chi connectivity index (χ0v) is 13.4. The second kappa shape index (κ2) is 5.72. The van der Waals surface area contributed by atoms with Gasteiger partial charge in [-0.25, -0.2) is 9.97 Å². The monoisotopic (exact) mass is 340 g/mol. The number of nitrogens with one attached hydrogen (secondary N) is 2. The van der Waals surface area contributed by atoms with E-state index in [0.29, 0.717) is 34.2 Å². The van der Waals surface area contributed by atoms with Crippen molar-refractivity contribution in [1.82, 2.24) is 15.0 Å². The molecule has 0 aromatic carbocycles. The number of H-pyrrole nitrogens is 1. The second-order valence-corrected chi connectivity index (χ2v) is 6.05. The fourth-order valence-electron chi connectivity index (χ4n) is 2.94. The number of carbonyl (C=O) groups is 2. The number of amides is 1. The minimum absolute atomic E-state index is 0.00238. The molecular weight excluding hydrogens is 328 g/mol. The van der Waals surface area contributed by atoms with E-state index < -0.39 is 0 Å². The summed E-state index contributed by atoms with van der Waals surface area (Å²) in [5.74, 6) is -0.000303. The molecule has 1 aliphatic carbocycles. The van der Waals surface area contributed by atoms with Crippen LogP contribution in [0.2, 0.25) is 5.15 Å². The fraction of sp³-hybridized carbons (Fsp3) is 0.176. The van der Waals surface area contributed by atoms with Gasteiger partial charge < -0.3 is 10.3 Å². The first-order valence-electron chi connectivity index (χ1n) is 7.60. The number of rotatable bonds is 2. The molecule has 0 spiro atoms. The van der Waals surface area contributed by atoms with Crippen LogP contribution < -0.4 is 5.32 Å². The molecule has 0 saturated heterocycles. The number of pyridine rings is 2. The summed E-state index contributed by atoms with van der Waals surface area (Å²) in [4.78, 5) is 36.1. The summed E-state index contributed by atoms with van der Waals surface area (Å²) in [6.45, 7) is 0. The molecule has 2 N–H and O–H groups in total. The molecule has 4 rings (SSSR count). The number of Topliss-reactive ketones (excluding diaryl/α,β-unsaturated/α-hetero) is 1. The van der Waals surface area contributed by atoms with Crippen LogP contribution in [-0.4, -0.2) is 26.6 Å². The van der Waals surface area contributed by atoms with Crippen molar-refractivity contribution >= 4 is 40.1 Å². The first kappa shape index (κ1) is 14.8. The van der Waals surface area contributed by atoms with Gasteiger partial charge in [0, 0.05) is 23.7 Å². The number of fused-ring (bicyclic) bond motifs is 2. The van der Waals surface area contributed by atoms with Gasteiger partial charge in [0.2, 0.25) is 0 Å². The topological polar surface area (TPSA) is 87.7 Å². The Hall–Kier alpha value is -2.73. The number of aryl methyl sites for hydroxylation is 1. The van der Waals surface area contributed by atoms with Crippen molar-refractivity contribution in [1.29, 1.82) is 0 Å². The Labute approximate surface area is 142 Å². The zero-order chi connectivity index (χ0) is 16.7. The maximum absolute atomic E-state index is 12.5. The van der Waals surface area contributed by atoms with E-state index >= 15 is 0 Å². The Bertz CT molecular complexity index is 980. The normalized spacial score (nSPS) is 13.8. The minimum atomic E-state index is -0.364. The van der Waals surface area contributed by atoms with Gasteiger partial charge in [-0.3, -0.25) is 9.59 Å². The number of anilines is 1. The van der Waals surface area contributed by atoms with Gasteiger partial charge in [0.05, 0.1) is 11.1 Å². The van der Waals surface area contributed by atoms with Crippen LogP contribution in [0.5, 0.6) is 0 Å². The van der Waals surface area contributed by atoms with Crippen molar-refractivity contribution in [3.05, 3.63) is 52.4 Å². The summed E-state index contributed by atoms with van der Waals surface area (Å²) in [7, 11) is 0. The van der Waals surface area contributed by atoms with E-state index in [-0.39, 0.29) is 11.7 Å². The van der Waals surface area contributed by atoms with Crippen LogP contribution in [0.3, 0.4) is 0 Å². The number of aromatic amines is 1.